The summed E-state index contributed by atoms with van der Waals surface area (Å²) in [6, 6.07) is 6.43. The van der Waals surface area contributed by atoms with Gasteiger partial charge in [0.2, 0.25) is 5.91 Å². The molecular formula is C26H26N8O. The van der Waals surface area contributed by atoms with Gasteiger partial charge in [-0.3, -0.25) is 14.2 Å². The van der Waals surface area contributed by atoms with Crippen molar-refractivity contribution >= 4 is 33.5 Å². The standard InChI is InChI=1S/C26H26N8O/c1-32-14-17(12-29-32)23-20(15-4-5-18-16(10-15)11-30-34(18)3)21-22-19(13-28-24(21)31-23)33(2)25(35)26(22)6-8-27-9-7-26/h4-5,10-14,27H,6-9H2,1-3H3,(H,28,31). The minimum atomic E-state index is -0.544. The van der Waals surface area contributed by atoms with Gasteiger partial charge in [0, 0.05) is 54.8 Å². The Kier molecular flexibility index (Phi) is 4.09. The van der Waals surface area contributed by atoms with Gasteiger partial charge in [-0.1, -0.05) is 6.07 Å². The second-order valence-electron chi connectivity index (χ2n) is 9.76. The zero-order valence-electron chi connectivity index (χ0n) is 20.0. The summed E-state index contributed by atoms with van der Waals surface area (Å²) in [7, 11) is 5.75. The van der Waals surface area contributed by atoms with Gasteiger partial charge in [0.25, 0.3) is 0 Å². The number of nitrogens with one attached hydrogen (secondary N) is 2. The summed E-state index contributed by atoms with van der Waals surface area (Å²) in [6.07, 6.45) is 9.17. The van der Waals surface area contributed by atoms with Crippen LogP contribution in [-0.4, -0.2) is 55.6 Å². The van der Waals surface area contributed by atoms with Crippen molar-refractivity contribution in [2.45, 2.75) is 18.3 Å². The number of aromatic nitrogens is 6. The molecule has 1 saturated heterocycles. The van der Waals surface area contributed by atoms with Crippen molar-refractivity contribution in [2.75, 3.05) is 25.0 Å². The van der Waals surface area contributed by atoms with Crippen LogP contribution in [0.15, 0.2) is 43.0 Å². The number of amides is 1. The maximum Gasteiger partial charge on any atom is 0.237 e. The molecule has 0 unspecified atom stereocenters. The van der Waals surface area contributed by atoms with Gasteiger partial charge in [0.15, 0.2) is 0 Å². The van der Waals surface area contributed by atoms with Gasteiger partial charge >= 0.3 is 0 Å². The van der Waals surface area contributed by atoms with Crippen LogP contribution in [-0.2, 0) is 24.3 Å². The molecule has 1 spiro atoms. The number of likely N-dealkylation sites (N-methyl/N-ethyl adjacent to an activating group) is 1. The Morgan fingerprint density at radius 1 is 1.00 bits per heavy atom. The average Bonchev–Trinajstić information content (AvgIpc) is 3.62. The van der Waals surface area contributed by atoms with Crippen molar-refractivity contribution in [1.29, 1.82) is 0 Å². The molecule has 0 saturated carbocycles. The number of H-pyrrole nitrogens is 1. The summed E-state index contributed by atoms with van der Waals surface area (Å²) in [4.78, 5) is 23.9. The number of anilines is 1. The Hall–Kier alpha value is -3.98. The Labute approximate surface area is 201 Å². The van der Waals surface area contributed by atoms with E-state index in [0.29, 0.717) is 0 Å². The van der Waals surface area contributed by atoms with Crippen molar-refractivity contribution in [1.82, 2.24) is 34.8 Å². The number of aromatic amines is 1. The first kappa shape index (κ1) is 20.4. The van der Waals surface area contributed by atoms with Crippen molar-refractivity contribution in [2.24, 2.45) is 14.1 Å². The fourth-order valence-corrected chi connectivity index (χ4v) is 6.11. The number of carbonyl (C=O) groups excluding carboxylic acids is 1. The fourth-order valence-electron chi connectivity index (χ4n) is 6.11. The van der Waals surface area contributed by atoms with Crippen LogP contribution >= 0.6 is 0 Å². The zero-order chi connectivity index (χ0) is 23.9. The number of nitrogens with zero attached hydrogens (tertiary/aromatic N) is 6. The lowest BCUT2D eigenvalue weighted by molar-refractivity contribution is -0.123. The minimum Gasteiger partial charge on any atom is -0.339 e. The molecule has 2 aliphatic heterocycles. The number of fused-ring (bicyclic) bond motifs is 5. The number of hydrogen-bond acceptors (Lipinski definition) is 5. The van der Waals surface area contributed by atoms with Crippen LogP contribution in [0.5, 0.6) is 0 Å². The largest absolute Gasteiger partial charge is 0.339 e. The third-order valence-corrected chi connectivity index (χ3v) is 7.84. The van der Waals surface area contributed by atoms with Crippen molar-refractivity contribution in [3.8, 4) is 22.4 Å². The van der Waals surface area contributed by atoms with E-state index in [1.165, 1.54) is 0 Å². The van der Waals surface area contributed by atoms with Gasteiger partial charge < -0.3 is 15.2 Å². The second-order valence-corrected chi connectivity index (χ2v) is 9.76. The van der Waals surface area contributed by atoms with E-state index in [2.05, 4.69) is 38.7 Å². The molecule has 176 valence electrons. The van der Waals surface area contributed by atoms with E-state index >= 15 is 0 Å². The molecular weight excluding hydrogens is 440 g/mol. The SMILES string of the molecule is CN1C(=O)C2(CCNCC2)c2c1cnc1[nH]c(-c3cnn(C)c3)c(-c3ccc4c(cnn4C)c3)c21. The molecule has 0 aliphatic carbocycles. The number of rotatable bonds is 2. The lowest BCUT2D eigenvalue weighted by atomic mass is 9.72. The van der Waals surface area contributed by atoms with Crippen LogP contribution < -0.4 is 10.2 Å². The predicted octanol–water partition coefficient (Wildman–Crippen LogP) is 3.11. The highest BCUT2D eigenvalue weighted by Crippen LogP contribution is 2.52. The van der Waals surface area contributed by atoms with Gasteiger partial charge in [0.05, 0.1) is 40.9 Å². The summed E-state index contributed by atoms with van der Waals surface area (Å²) in [6.45, 7) is 1.64. The van der Waals surface area contributed by atoms with Gasteiger partial charge in [0.1, 0.15) is 5.65 Å². The molecule has 1 aromatic carbocycles. The van der Waals surface area contributed by atoms with Crippen LogP contribution in [0.1, 0.15) is 18.4 Å². The number of benzene rings is 1. The van der Waals surface area contributed by atoms with Gasteiger partial charge in [-0.15, -0.1) is 0 Å². The van der Waals surface area contributed by atoms with Crippen molar-refractivity contribution in [3.05, 3.63) is 48.5 Å². The first-order valence-corrected chi connectivity index (χ1v) is 11.9. The number of aryl methyl sites for hydroxylation is 2. The third-order valence-electron chi connectivity index (χ3n) is 7.84. The maximum atomic E-state index is 13.7. The van der Waals surface area contributed by atoms with Gasteiger partial charge in [-0.25, -0.2) is 4.98 Å². The molecule has 5 aromatic rings. The summed E-state index contributed by atoms with van der Waals surface area (Å²) in [5.74, 6) is 0.168. The fraction of sp³-hybridized carbons (Fsp3) is 0.308. The molecule has 4 aromatic heterocycles. The van der Waals surface area contributed by atoms with Crippen LogP contribution in [0.25, 0.3) is 44.3 Å². The van der Waals surface area contributed by atoms with E-state index in [0.717, 1.165) is 81.5 Å². The molecule has 6 heterocycles. The van der Waals surface area contributed by atoms with E-state index < -0.39 is 5.41 Å². The van der Waals surface area contributed by atoms with E-state index in [1.54, 1.807) is 9.58 Å². The molecule has 35 heavy (non-hydrogen) atoms. The second kappa shape index (κ2) is 7.02. The predicted molar refractivity (Wildman–Crippen MR) is 135 cm³/mol. The van der Waals surface area contributed by atoms with Gasteiger partial charge in [-0.2, -0.15) is 10.2 Å². The first-order chi connectivity index (χ1) is 17.0. The smallest absolute Gasteiger partial charge is 0.237 e. The Balaban J connectivity index is 1.60. The summed E-state index contributed by atoms with van der Waals surface area (Å²) in [5.41, 5.74) is 7.41. The number of hydrogen-bond donors (Lipinski definition) is 2. The third kappa shape index (κ3) is 2.67. The minimum absolute atomic E-state index is 0.168. The summed E-state index contributed by atoms with van der Waals surface area (Å²) < 4.78 is 3.69. The quantitative estimate of drug-likeness (QED) is 0.417. The number of pyridine rings is 1. The molecule has 0 radical (unpaired) electrons. The average molecular weight is 467 g/mol. The molecule has 1 amide bonds. The molecule has 9 nitrogen and oxygen atoms in total. The Morgan fingerprint density at radius 3 is 2.60 bits per heavy atom. The molecule has 2 N–H and O–H groups in total. The topological polar surface area (TPSA) is 96.7 Å². The van der Waals surface area contributed by atoms with Crippen LogP contribution in [0, 0.1) is 0 Å². The van der Waals surface area contributed by atoms with Crippen LogP contribution in [0.4, 0.5) is 5.69 Å². The number of piperidine rings is 1. The molecule has 9 heteroatoms. The first-order valence-electron chi connectivity index (χ1n) is 11.9. The summed E-state index contributed by atoms with van der Waals surface area (Å²) >= 11 is 0. The lowest BCUT2D eigenvalue weighted by Gasteiger charge is -2.33. The Morgan fingerprint density at radius 2 is 1.83 bits per heavy atom. The Bertz CT molecular complexity index is 1650. The monoisotopic (exact) mass is 466 g/mol. The normalized spacial score (nSPS) is 17.2. The van der Waals surface area contributed by atoms with Crippen LogP contribution in [0.2, 0.25) is 0 Å². The van der Waals surface area contributed by atoms with Gasteiger partial charge in [-0.05, 0) is 43.6 Å². The van der Waals surface area contributed by atoms with E-state index in [4.69, 9.17) is 4.98 Å². The molecule has 7 rings (SSSR count). The highest BCUT2D eigenvalue weighted by Gasteiger charge is 2.52. The van der Waals surface area contributed by atoms with Crippen LogP contribution in [0.3, 0.4) is 0 Å². The maximum absolute atomic E-state index is 13.7. The van der Waals surface area contributed by atoms with E-state index in [-0.39, 0.29) is 5.91 Å². The molecule has 2 aliphatic rings. The molecule has 0 bridgehead atoms. The molecule has 0 atom stereocenters. The van der Waals surface area contributed by atoms with E-state index in [1.807, 2.05) is 50.6 Å². The van der Waals surface area contributed by atoms with Crippen molar-refractivity contribution in [3.63, 3.8) is 0 Å². The lowest BCUT2D eigenvalue weighted by Crippen LogP contribution is -2.46. The highest BCUT2D eigenvalue weighted by atomic mass is 16.2. The highest BCUT2D eigenvalue weighted by molar-refractivity contribution is 6.16. The molecule has 1 fully saturated rings. The van der Waals surface area contributed by atoms with Crippen molar-refractivity contribution < 1.29 is 4.79 Å². The summed E-state index contributed by atoms with van der Waals surface area (Å²) in [5, 5.41) is 14.4. The zero-order valence-corrected chi connectivity index (χ0v) is 20.0. The number of carbonyl (C=O) groups is 1. The van der Waals surface area contributed by atoms with E-state index in [9.17, 15) is 4.79 Å².